The van der Waals surface area contributed by atoms with E-state index >= 15 is 0 Å². The molecular weight excluding hydrogens is 322 g/mol. The first kappa shape index (κ1) is 16.8. The van der Waals surface area contributed by atoms with E-state index in [1.54, 1.807) is 0 Å². The Hall–Kier alpha value is -0.120. The fourth-order valence-electron chi connectivity index (χ4n) is 10.9. The minimum absolute atomic E-state index is 0.000116. The lowest BCUT2D eigenvalue weighted by molar-refractivity contribution is -0.345. The van der Waals surface area contributed by atoms with Gasteiger partial charge in [-0.25, -0.2) is 0 Å². The third kappa shape index (κ3) is 1.48. The molecule has 0 saturated heterocycles. The van der Waals surface area contributed by atoms with Gasteiger partial charge < -0.3 is 15.5 Å². The molecule has 9 unspecified atom stereocenters. The average molecular weight is 360 g/mol. The number of aliphatic hydroxyl groups is 2. The highest BCUT2D eigenvalue weighted by atomic mass is 16.3. The van der Waals surface area contributed by atoms with Crippen LogP contribution in [0.2, 0.25) is 0 Å². The Morgan fingerprint density at radius 3 is 2.62 bits per heavy atom. The smallest absolute Gasteiger partial charge is 0.0715 e. The maximum Gasteiger partial charge on any atom is 0.0715 e. The summed E-state index contributed by atoms with van der Waals surface area (Å²) in [5.41, 5.74) is -0.0958. The van der Waals surface area contributed by atoms with Gasteiger partial charge in [-0.15, -0.1) is 0 Å². The summed E-state index contributed by atoms with van der Waals surface area (Å²) in [7, 11) is 2.17. The second-order valence-electron chi connectivity index (χ2n) is 11.8. The molecule has 26 heavy (non-hydrogen) atoms. The number of nitrogens with one attached hydrogen (secondary N) is 1. The van der Waals surface area contributed by atoms with Crippen molar-refractivity contribution < 1.29 is 10.2 Å². The topological polar surface area (TPSA) is 52.5 Å². The van der Waals surface area contributed by atoms with Crippen LogP contribution in [0.1, 0.15) is 84.0 Å². The van der Waals surface area contributed by atoms with Crippen molar-refractivity contribution in [2.45, 2.75) is 102 Å². The molecule has 0 aromatic carbocycles. The summed E-state index contributed by atoms with van der Waals surface area (Å²) in [4.78, 5) is 0. The van der Waals surface area contributed by atoms with E-state index < -0.39 is 5.60 Å². The summed E-state index contributed by atoms with van der Waals surface area (Å²) >= 11 is 0. The molecule has 8 fully saturated rings. The fourth-order valence-corrected chi connectivity index (χ4v) is 10.9. The number of rotatable bonds is 1. The third-order valence-corrected chi connectivity index (χ3v) is 11.2. The second-order valence-corrected chi connectivity index (χ2v) is 11.8. The highest BCUT2D eigenvalue weighted by Gasteiger charge is 2.86. The van der Waals surface area contributed by atoms with Crippen LogP contribution in [0.15, 0.2) is 0 Å². The Labute approximate surface area is 158 Å². The maximum absolute atomic E-state index is 12.2. The third-order valence-electron chi connectivity index (χ3n) is 11.2. The standard InChI is InChI=1S/C23H37NO2/c1-19-7-4-9-22(26,13-19)21-11-15-6-10-23(21,17(25)12-19)20(14-21)8-3-5-16(20)18(15)24-2/h15-18,24-26H,3-14H2,1-2H3. The van der Waals surface area contributed by atoms with E-state index in [0.717, 1.165) is 31.6 Å². The van der Waals surface area contributed by atoms with Crippen molar-refractivity contribution in [3.63, 3.8) is 0 Å². The lowest BCUT2D eigenvalue weighted by Gasteiger charge is -2.78. The number of fused-ring (bicyclic) bond motifs is 3. The zero-order chi connectivity index (χ0) is 18.0. The zero-order valence-electron chi connectivity index (χ0n) is 16.7. The van der Waals surface area contributed by atoms with Crippen molar-refractivity contribution >= 4 is 0 Å². The molecule has 3 nitrogen and oxygen atoms in total. The highest BCUT2D eigenvalue weighted by molar-refractivity contribution is 5.35. The average Bonchev–Trinajstić information content (AvgIpc) is 2.87. The zero-order valence-corrected chi connectivity index (χ0v) is 16.7. The van der Waals surface area contributed by atoms with Crippen molar-refractivity contribution in [2.24, 2.45) is 33.5 Å². The molecule has 3 spiro atoms. The van der Waals surface area contributed by atoms with Gasteiger partial charge in [0.25, 0.3) is 0 Å². The molecule has 0 aliphatic heterocycles. The van der Waals surface area contributed by atoms with Crippen LogP contribution in [0.25, 0.3) is 0 Å². The molecule has 146 valence electrons. The summed E-state index contributed by atoms with van der Waals surface area (Å²) in [6.07, 6.45) is 13.8. The molecule has 9 atom stereocenters. The predicted molar refractivity (Wildman–Crippen MR) is 102 cm³/mol. The normalized spacial score (nSPS) is 65.5. The second kappa shape index (κ2) is 4.71. The van der Waals surface area contributed by atoms with Gasteiger partial charge in [0.15, 0.2) is 0 Å². The molecule has 0 aromatic rings. The van der Waals surface area contributed by atoms with Gasteiger partial charge in [-0.05, 0) is 93.9 Å². The minimum Gasteiger partial charge on any atom is -0.392 e. The summed E-state index contributed by atoms with van der Waals surface area (Å²) in [5.74, 6) is 1.42. The summed E-state index contributed by atoms with van der Waals surface area (Å²) in [5, 5.41) is 27.9. The van der Waals surface area contributed by atoms with E-state index in [4.69, 9.17) is 0 Å². The lowest BCUT2D eigenvalue weighted by Crippen LogP contribution is -2.77. The Balaban J connectivity index is 1.60. The Kier molecular flexibility index (Phi) is 3.04. The largest absolute Gasteiger partial charge is 0.392 e. The van der Waals surface area contributed by atoms with E-state index in [1.807, 2.05) is 0 Å². The van der Waals surface area contributed by atoms with Crippen LogP contribution < -0.4 is 5.32 Å². The van der Waals surface area contributed by atoms with Crippen LogP contribution in [0, 0.1) is 33.5 Å². The van der Waals surface area contributed by atoms with Crippen LogP contribution in [0.4, 0.5) is 0 Å². The van der Waals surface area contributed by atoms with Crippen molar-refractivity contribution in [1.29, 1.82) is 0 Å². The molecule has 3 heteroatoms. The first-order valence-electron chi connectivity index (χ1n) is 11.4. The molecule has 8 saturated carbocycles. The predicted octanol–water partition coefficient (Wildman–Crippen LogP) is 3.63. The maximum atomic E-state index is 12.2. The van der Waals surface area contributed by atoms with E-state index in [-0.39, 0.29) is 22.3 Å². The highest BCUT2D eigenvalue weighted by Crippen LogP contribution is 2.88. The summed E-state index contributed by atoms with van der Waals surface area (Å²) in [6, 6.07) is 0.606. The van der Waals surface area contributed by atoms with E-state index in [2.05, 4.69) is 19.3 Å². The first-order chi connectivity index (χ1) is 12.4. The van der Waals surface area contributed by atoms with Crippen LogP contribution >= 0.6 is 0 Å². The first-order valence-corrected chi connectivity index (χ1v) is 11.4. The molecule has 0 radical (unpaired) electrons. The van der Waals surface area contributed by atoms with Crippen LogP contribution in [0.5, 0.6) is 0 Å². The van der Waals surface area contributed by atoms with Crippen LogP contribution in [0.3, 0.4) is 0 Å². The molecule has 8 rings (SSSR count). The fraction of sp³-hybridized carbons (Fsp3) is 1.00. The van der Waals surface area contributed by atoms with E-state index in [0.29, 0.717) is 17.4 Å². The molecule has 0 heterocycles. The summed E-state index contributed by atoms with van der Waals surface area (Å²) in [6.45, 7) is 2.36. The molecule has 6 bridgehead atoms. The van der Waals surface area contributed by atoms with Crippen molar-refractivity contribution in [3.8, 4) is 0 Å². The Morgan fingerprint density at radius 2 is 1.81 bits per heavy atom. The number of hydrogen-bond donors (Lipinski definition) is 3. The van der Waals surface area contributed by atoms with Gasteiger partial charge in [0.2, 0.25) is 0 Å². The lowest BCUT2D eigenvalue weighted by atomic mass is 9.27. The van der Waals surface area contributed by atoms with Gasteiger partial charge in [0, 0.05) is 16.9 Å². The van der Waals surface area contributed by atoms with E-state index in [1.165, 1.54) is 51.4 Å². The van der Waals surface area contributed by atoms with Gasteiger partial charge in [0.05, 0.1) is 11.7 Å². The van der Waals surface area contributed by atoms with E-state index in [9.17, 15) is 10.2 Å². The quantitative estimate of drug-likeness (QED) is 0.670. The van der Waals surface area contributed by atoms with Gasteiger partial charge in [-0.1, -0.05) is 19.8 Å². The Morgan fingerprint density at radius 1 is 0.962 bits per heavy atom. The number of aliphatic hydroxyl groups excluding tert-OH is 1. The van der Waals surface area contributed by atoms with Crippen molar-refractivity contribution in [1.82, 2.24) is 5.32 Å². The molecule has 8 aliphatic rings. The van der Waals surface area contributed by atoms with Crippen LogP contribution in [-0.2, 0) is 0 Å². The SMILES string of the molecule is CNC1C2CCC34C(O)CC5(C)CCCC(O)(C5)C3(C2)CC42CCCC12. The molecule has 0 aromatic heterocycles. The molecule has 3 N–H and O–H groups in total. The van der Waals surface area contributed by atoms with Crippen molar-refractivity contribution in [2.75, 3.05) is 7.05 Å². The van der Waals surface area contributed by atoms with Gasteiger partial charge >= 0.3 is 0 Å². The van der Waals surface area contributed by atoms with Gasteiger partial charge in [-0.3, -0.25) is 0 Å². The molecule has 0 amide bonds. The minimum atomic E-state index is -0.531. The monoisotopic (exact) mass is 359 g/mol. The Bertz CT molecular complexity index is 652. The van der Waals surface area contributed by atoms with Gasteiger partial charge in [0.1, 0.15) is 0 Å². The van der Waals surface area contributed by atoms with Crippen LogP contribution in [-0.4, -0.2) is 35.0 Å². The van der Waals surface area contributed by atoms with Crippen molar-refractivity contribution in [3.05, 3.63) is 0 Å². The molecule has 8 aliphatic carbocycles. The van der Waals surface area contributed by atoms with Gasteiger partial charge in [-0.2, -0.15) is 0 Å². The number of hydrogen-bond acceptors (Lipinski definition) is 3. The summed E-state index contributed by atoms with van der Waals surface area (Å²) < 4.78 is 0. The molecular formula is C23H37NO2.